The van der Waals surface area contributed by atoms with Gasteiger partial charge in [-0.05, 0) is 0 Å². The summed E-state index contributed by atoms with van der Waals surface area (Å²) in [6.07, 6.45) is 0. The van der Waals surface area contributed by atoms with Crippen LogP contribution in [0.3, 0.4) is 0 Å². The summed E-state index contributed by atoms with van der Waals surface area (Å²) >= 11 is 0. The predicted octanol–water partition coefficient (Wildman–Crippen LogP) is -2.88. The summed E-state index contributed by atoms with van der Waals surface area (Å²) in [5, 5.41) is 0. The normalized spacial score (nSPS) is 8.43. The Bertz CT molecular complexity index is 132. The Morgan fingerprint density at radius 3 is 0.714 bits per heavy atom. The highest BCUT2D eigenvalue weighted by molar-refractivity contribution is 7.43. The summed E-state index contributed by atoms with van der Waals surface area (Å²) in [6.45, 7) is 0. The van der Waals surface area contributed by atoms with Crippen LogP contribution in [0.4, 0.5) is 0 Å². The molecule has 0 fully saturated rings. The standard InChI is InChI=1S/4H3N.2H3O4P/c;;;;2*1-5(2,3)4/h4*1H3;2*(H3,1,2,3,4). The van der Waals surface area contributed by atoms with E-state index in [1.54, 1.807) is 0 Å². The van der Waals surface area contributed by atoms with Crippen LogP contribution < -0.4 is 44.2 Å². The molecule has 0 saturated carbocycles. The monoisotopic (exact) mass is 264 g/mol. The highest BCUT2D eigenvalue weighted by atomic mass is 31.2. The fraction of sp³-hybridized carbons (Fsp3) is 0. The lowest BCUT2D eigenvalue weighted by atomic mass is 14.0. The number of hydrogen-bond donors (Lipinski definition) is 6. The van der Waals surface area contributed by atoms with E-state index in [9.17, 15) is 0 Å². The second-order valence-corrected chi connectivity index (χ2v) is 2.81. The predicted molar refractivity (Wildman–Crippen MR) is 43.6 cm³/mol. The molecule has 0 aliphatic carbocycles. The van der Waals surface area contributed by atoms with Crippen LogP contribution in [0.2, 0.25) is 0 Å². The van der Waals surface area contributed by atoms with Crippen molar-refractivity contribution in [2.75, 3.05) is 0 Å². The van der Waals surface area contributed by atoms with Gasteiger partial charge >= 0.3 is 0 Å². The molecule has 14 heteroatoms. The van der Waals surface area contributed by atoms with Crippen LogP contribution in [0, 0.1) is 0 Å². The molecular weight excluding hydrogens is 246 g/mol. The van der Waals surface area contributed by atoms with Crippen molar-refractivity contribution in [3.8, 4) is 0 Å². The summed E-state index contributed by atoms with van der Waals surface area (Å²) in [7, 11) is -10.3. The smallest absolute Gasteiger partial charge is 0.262 e. The molecular formula is H18N4O8P2. The van der Waals surface area contributed by atoms with Gasteiger partial charge in [0.25, 0.3) is 7.82 Å². The minimum atomic E-state index is -5.39. The van der Waals surface area contributed by atoms with Crippen LogP contribution in [0.15, 0.2) is 0 Å². The highest BCUT2D eigenvalue weighted by Gasteiger charge is 1.82. The van der Waals surface area contributed by atoms with Crippen LogP contribution in [-0.4, -0.2) is 9.79 Å². The van der Waals surface area contributed by atoms with E-state index in [0.717, 1.165) is 0 Å². The molecule has 0 atom stereocenters. The average molecular weight is 264 g/mol. The summed E-state index contributed by atoms with van der Waals surface area (Å²) in [6, 6.07) is 0. The van der Waals surface area contributed by atoms with Crippen molar-refractivity contribution in [2.24, 2.45) is 0 Å². The van der Waals surface area contributed by atoms with E-state index < -0.39 is 15.6 Å². The van der Waals surface area contributed by atoms with Crippen molar-refractivity contribution >= 4 is 15.6 Å². The lowest BCUT2D eigenvalue weighted by molar-refractivity contribution is -0.432. The molecule has 18 N–H and O–H groups in total. The van der Waals surface area contributed by atoms with E-state index in [2.05, 4.69) is 0 Å². The average Bonchev–Trinajstić information content (AvgIpc) is 1.12. The quantitative estimate of drug-likeness (QED) is 0.246. The van der Waals surface area contributed by atoms with Gasteiger partial charge in [0.2, 0.25) is 0 Å². The first kappa shape index (κ1) is 36.9. The van der Waals surface area contributed by atoms with Crippen molar-refractivity contribution in [1.82, 2.24) is 24.6 Å². The second kappa shape index (κ2) is 13.1. The molecule has 0 rings (SSSR count). The third-order valence-electron chi connectivity index (χ3n) is 0. The van der Waals surface area contributed by atoms with E-state index in [4.69, 9.17) is 38.5 Å². The van der Waals surface area contributed by atoms with Crippen molar-refractivity contribution in [3.63, 3.8) is 0 Å². The second-order valence-electron chi connectivity index (χ2n) is 0.938. The van der Waals surface area contributed by atoms with Crippen molar-refractivity contribution in [3.05, 3.63) is 0 Å². The van der Waals surface area contributed by atoms with E-state index in [1.165, 1.54) is 0 Å². The summed E-state index contributed by atoms with van der Waals surface area (Å²) < 4.78 is 17.3. The van der Waals surface area contributed by atoms with E-state index in [0.29, 0.717) is 0 Å². The SMILES string of the molecule is O=P([O-])(O)O.O=P([O-])([O-])[O-].[NH4+].[NH4+].[NH4+].[NH4+]. The fourth-order valence-corrected chi connectivity index (χ4v) is 0. The van der Waals surface area contributed by atoms with Crippen LogP contribution >= 0.6 is 15.6 Å². The zero-order valence-electron chi connectivity index (χ0n) is 8.24. The van der Waals surface area contributed by atoms with Gasteiger partial charge in [0.15, 0.2) is 0 Å². The fourth-order valence-electron chi connectivity index (χ4n) is 0. The van der Waals surface area contributed by atoms with Gasteiger partial charge in [-0.25, -0.2) is 0 Å². The lowest BCUT2D eigenvalue weighted by Crippen LogP contribution is -2.24. The Labute approximate surface area is 79.8 Å². The van der Waals surface area contributed by atoms with E-state index in [-0.39, 0.29) is 24.6 Å². The Kier molecular flexibility index (Phi) is 34.4. The van der Waals surface area contributed by atoms with Crippen LogP contribution in [0.1, 0.15) is 0 Å². The minimum Gasteiger partial charge on any atom is -0.822 e. The molecule has 0 radical (unpaired) electrons. The molecule has 14 heavy (non-hydrogen) atoms. The molecule has 0 aliphatic rings. The summed E-state index contributed by atoms with van der Waals surface area (Å²) in [5.41, 5.74) is 0. The molecule has 0 saturated heterocycles. The summed E-state index contributed by atoms with van der Waals surface area (Å²) in [4.78, 5) is 48.6. The van der Waals surface area contributed by atoms with Crippen LogP contribution in [0.25, 0.3) is 0 Å². The minimum absolute atomic E-state index is 0. The van der Waals surface area contributed by atoms with Crippen molar-refractivity contribution in [2.45, 2.75) is 0 Å². The van der Waals surface area contributed by atoms with Crippen LogP contribution in [-0.2, 0) is 9.13 Å². The van der Waals surface area contributed by atoms with E-state index >= 15 is 0 Å². The molecule has 12 nitrogen and oxygen atoms in total. The van der Waals surface area contributed by atoms with Gasteiger partial charge in [0, 0.05) is 0 Å². The molecule has 0 aromatic heterocycles. The van der Waals surface area contributed by atoms with Gasteiger partial charge in [-0.15, -0.1) is 0 Å². The molecule has 0 bridgehead atoms. The molecule has 0 spiro atoms. The number of quaternary nitrogens is 4. The van der Waals surface area contributed by atoms with Gasteiger partial charge in [0.1, 0.15) is 0 Å². The largest absolute Gasteiger partial charge is 0.822 e. The van der Waals surface area contributed by atoms with Crippen molar-refractivity contribution < 1.29 is 38.5 Å². The van der Waals surface area contributed by atoms with Gasteiger partial charge < -0.3 is 58.5 Å². The Morgan fingerprint density at radius 2 is 0.714 bits per heavy atom. The van der Waals surface area contributed by atoms with Crippen molar-refractivity contribution in [1.29, 1.82) is 0 Å². The lowest BCUT2D eigenvalue weighted by Gasteiger charge is -2.36. The molecule has 0 unspecified atom stereocenters. The maximum absolute atomic E-state index is 8.77. The molecule has 0 heterocycles. The third kappa shape index (κ3) is 410000. The zero-order chi connectivity index (χ0) is 9.00. The van der Waals surface area contributed by atoms with Crippen LogP contribution in [0.5, 0.6) is 0 Å². The van der Waals surface area contributed by atoms with Gasteiger partial charge in [-0.2, -0.15) is 7.82 Å². The number of rotatable bonds is 0. The first-order valence-electron chi connectivity index (χ1n) is 1.50. The van der Waals surface area contributed by atoms with Gasteiger partial charge in [0.05, 0.1) is 0 Å². The maximum atomic E-state index is 8.77. The third-order valence-corrected chi connectivity index (χ3v) is 0. The molecule has 96 valence electrons. The molecule has 0 aromatic carbocycles. The Hall–Kier alpha value is 0.0600. The Balaban J connectivity index is -0.0000000178. The van der Waals surface area contributed by atoms with E-state index in [1.807, 2.05) is 0 Å². The zero-order valence-corrected chi connectivity index (χ0v) is 10.0. The maximum Gasteiger partial charge on any atom is 0.262 e. The topological polar surface area (TPSA) is 313 Å². The number of hydrogen-bond acceptors (Lipinski definition) is 6. The van der Waals surface area contributed by atoms with Gasteiger partial charge in [-0.3, -0.25) is 4.57 Å². The molecule has 0 aromatic rings. The molecule has 0 amide bonds. The first-order valence-corrected chi connectivity index (χ1v) is 4.49. The highest BCUT2D eigenvalue weighted by Crippen LogP contribution is 2.18. The first-order chi connectivity index (χ1) is 4.00. The number of phosphoric acid groups is 2. The Morgan fingerprint density at radius 1 is 0.714 bits per heavy atom. The summed E-state index contributed by atoms with van der Waals surface area (Å²) in [5.74, 6) is 0. The molecule has 0 aliphatic heterocycles. The van der Waals surface area contributed by atoms with Gasteiger partial charge in [-0.1, -0.05) is 0 Å².